The number of carbonyl (C=O) groups excluding carboxylic acids is 1. The van der Waals surface area contributed by atoms with Crippen molar-refractivity contribution in [2.45, 2.75) is 30.3 Å². The molecule has 1 atom stereocenters. The Kier molecular flexibility index (Phi) is 4.33. The molecule has 1 N–H and O–H groups in total. The van der Waals surface area contributed by atoms with Gasteiger partial charge in [0.05, 0.1) is 15.5 Å². The van der Waals surface area contributed by atoms with Gasteiger partial charge in [-0.3, -0.25) is 4.79 Å². The number of hydrogen-bond donors (Lipinski definition) is 1. The van der Waals surface area contributed by atoms with Crippen LogP contribution in [0.5, 0.6) is 0 Å². The van der Waals surface area contributed by atoms with Gasteiger partial charge in [-0.05, 0) is 38.0 Å². The minimum Gasteiger partial charge on any atom is -0.388 e. The Balaban J connectivity index is 2.32. The van der Waals surface area contributed by atoms with E-state index in [1.807, 2.05) is 0 Å². The summed E-state index contributed by atoms with van der Waals surface area (Å²) in [7, 11) is -3.50. The van der Waals surface area contributed by atoms with Crippen molar-refractivity contribution in [1.82, 2.24) is 4.90 Å². The van der Waals surface area contributed by atoms with Crippen LogP contribution in [-0.4, -0.2) is 49.3 Å². The monoisotopic (exact) mass is 331 g/mol. The van der Waals surface area contributed by atoms with E-state index in [9.17, 15) is 18.3 Å². The lowest BCUT2D eigenvalue weighted by Gasteiger charge is -2.36. The summed E-state index contributed by atoms with van der Waals surface area (Å²) in [5.74, 6) is -0.295. The van der Waals surface area contributed by atoms with Crippen molar-refractivity contribution in [3.63, 3.8) is 0 Å². The number of hydrogen-bond acceptors (Lipinski definition) is 4. The van der Waals surface area contributed by atoms with E-state index >= 15 is 0 Å². The van der Waals surface area contributed by atoms with Crippen molar-refractivity contribution < 1.29 is 18.3 Å². The molecule has 1 fully saturated rings. The number of carbonyl (C=O) groups is 1. The van der Waals surface area contributed by atoms with Gasteiger partial charge in [-0.2, -0.15) is 0 Å². The highest BCUT2D eigenvalue weighted by Crippen LogP contribution is 2.25. The maximum Gasteiger partial charge on any atom is 0.253 e. The second kappa shape index (κ2) is 5.59. The van der Waals surface area contributed by atoms with Crippen molar-refractivity contribution in [1.29, 1.82) is 0 Å². The van der Waals surface area contributed by atoms with E-state index in [0.29, 0.717) is 19.4 Å². The highest BCUT2D eigenvalue weighted by molar-refractivity contribution is 7.90. The number of rotatable bonds is 2. The quantitative estimate of drug-likeness (QED) is 0.895. The van der Waals surface area contributed by atoms with Crippen LogP contribution in [0.2, 0.25) is 5.02 Å². The molecule has 1 saturated heterocycles. The Morgan fingerprint density at radius 2 is 2.10 bits per heavy atom. The molecule has 1 amide bonds. The van der Waals surface area contributed by atoms with Gasteiger partial charge < -0.3 is 10.0 Å². The first kappa shape index (κ1) is 16.3. The van der Waals surface area contributed by atoms with Gasteiger partial charge in [0.15, 0.2) is 9.84 Å². The second-order valence-electron chi connectivity index (χ2n) is 5.74. The van der Waals surface area contributed by atoms with Crippen LogP contribution < -0.4 is 0 Å². The molecule has 5 nitrogen and oxygen atoms in total. The molecule has 116 valence electrons. The summed E-state index contributed by atoms with van der Waals surface area (Å²) in [4.78, 5) is 13.9. The largest absolute Gasteiger partial charge is 0.388 e. The summed E-state index contributed by atoms with van der Waals surface area (Å²) < 4.78 is 23.3. The van der Waals surface area contributed by atoms with Gasteiger partial charge in [0, 0.05) is 24.9 Å². The number of likely N-dealkylation sites (tertiary alicyclic amines) is 1. The normalized spacial score (nSPS) is 23.1. The Labute approximate surface area is 129 Å². The minimum absolute atomic E-state index is 0.0567. The maximum atomic E-state index is 12.5. The van der Waals surface area contributed by atoms with Crippen LogP contribution in [0.15, 0.2) is 23.1 Å². The van der Waals surface area contributed by atoms with Crippen LogP contribution in [0, 0.1) is 0 Å². The number of piperidine rings is 1. The Morgan fingerprint density at radius 1 is 1.43 bits per heavy atom. The summed E-state index contributed by atoms with van der Waals surface area (Å²) in [6.45, 7) is 2.48. The molecule has 1 aromatic rings. The summed E-state index contributed by atoms with van der Waals surface area (Å²) >= 11 is 5.87. The topological polar surface area (TPSA) is 74.7 Å². The number of halogens is 1. The zero-order chi connectivity index (χ0) is 15.8. The first-order valence-electron chi connectivity index (χ1n) is 6.61. The molecule has 0 aliphatic carbocycles. The number of amides is 1. The van der Waals surface area contributed by atoms with Crippen molar-refractivity contribution >= 4 is 27.3 Å². The van der Waals surface area contributed by atoms with E-state index < -0.39 is 15.4 Å². The maximum absolute atomic E-state index is 12.5. The number of benzene rings is 1. The van der Waals surface area contributed by atoms with E-state index in [1.165, 1.54) is 18.2 Å². The molecular formula is C14H18ClNO4S. The van der Waals surface area contributed by atoms with E-state index in [0.717, 1.165) is 6.26 Å². The third-order valence-electron chi connectivity index (χ3n) is 3.54. The fourth-order valence-electron chi connectivity index (χ4n) is 2.50. The van der Waals surface area contributed by atoms with Gasteiger partial charge in [0.1, 0.15) is 0 Å². The van der Waals surface area contributed by atoms with Crippen molar-refractivity contribution in [3.05, 3.63) is 28.8 Å². The first-order chi connectivity index (χ1) is 9.60. The summed E-state index contributed by atoms with van der Waals surface area (Å²) in [5, 5.41) is 10.2. The molecule has 0 aromatic heterocycles. The zero-order valence-electron chi connectivity index (χ0n) is 12.0. The summed E-state index contributed by atoms with van der Waals surface area (Å²) in [6.07, 6.45) is 2.41. The van der Waals surface area contributed by atoms with E-state index in [1.54, 1.807) is 11.8 Å². The Morgan fingerprint density at radius 3 is 2.67 bits per heavy atom. The third-order valence-corrected chi connectivity index (χ3v) is 5.12. The molecule has 1 aromatic carbocycles. The molecule has 0 bridgehead atoms. The lowest BCUT2D eigenvalue weighted by atomic mass is 9.94. The molecule has 0 radical (unpaired) electrons. The number of sulfone groups is 1. The van der Waals surface area contributed by atoms with Gasteiger partial charge in [-0.25, -0.2) is 8.42 Å². The molecule has 1 aliphatic heterocycles. The summed E-state index contributed by atoms with van der Waals surface area (Å²) in [6, 6.07) is 4.21. The van der Waals surface area contributed by atoms with E-state index in [-0.39, 0.29) is 27.9 Å². The number of β-amino-alcohol motifs (C(OH)–C–C–N with tert-alkyl or cyclic N) is 1. The molecule has 2 rings (SSSR count). The molecule has 0 saturated carbocycles. The minimum atomic E-state index is -3.50. The zero-order valence-corrected chi connectivity index (χ0v) is 13.5. The fraction of sp³-hybridized carbons (Fsp3) is 0.500. The molecule has 1 aliphatic rings. The van der Waals surface area contributed by atoms with Crippen LogP contribution in [0.3, 0.4) is 0 Å². The van der Waals surface area contributed by atoms with Crippen LogP contribution >= 0.6 is 11.6 Å². The number of nitrogens with zero attached hydrogens (tertiary/aromatic N) is 1. The Hall–Kier alpha value is -1.11. The molecule has 0 spiro atoms. The smallest absolute Gasteiger partial charge is 0.253 e. The van der Waals surface area contributed by atoms with Crippen LogP contribution in [0.1, 0.15) is 30.1 Å². The lowest BCUT2D eigenvalue weighted by Crippen LogP contribution is -2.48. The predicted molar refractivity (Wildman–Crippen MR) is 80.3 cm³/mol. The molecule has 21 heavy (non-hydrogen) atoms. The Bertz CT molecular complexity index is 670. The molecule has 1 heterocycles. The van der Waals surface area contributed by atoms with E-state index in [2.05, 4.69) is 0 Å². The number of aliphatic hydroxyl groups is 1. The standard InChI is InChI=1S/C14H18ClNO4S/c1-14(18)6-3-7-16(9-14)13(17)10-4-5-11(15)12(8-10)21(2,19)20/h4-5,8,18H,3,6-7,9H2,1-2H3. The van der Waals surface area contributed by atoms with Crippen LogP contribution in [0.25, 0.3) is 0 Å². The van der Waals surface area contributed by atoms with Gasteiger partial charge in [-0.1, -0.05) is 11.6 Å². The van der Waals surface area contributed by atoms with Crippen molar-refractivity contribution in [3.8, 4) is 0 Å². The predicted octanol–water partition coefficient (Wildman–Crippen LogP) is 1.73. The molecule has 7 heteroatoms. The average molecular weight is 332 g/mol. The van der Waals surface area contributed by atoms with Gasteiger partial charge >= 0.3 is 0 Å². The highest BCUT2D eigenvalue weighted by Gasteiger charge is 2.31. The van der Waals surface area contributed by atoms with Gasteiger partial charge in [0.25, 0.3) is 5.91 Å². The van der Waals surface area contributed by atoms with Crippen LogP contribution in [0.4, 0.5) is 0 Å². The first-order valence-corrected chi connectivity index (χ1v) is 8.88. The molecular weight excluding hydrogens is 314 g/mol. The lowest BCUT2D eigenvalue weighted by molar-refractivity contribution is -0.0107. The van der Waals surface area contributed by atoms with Gasteiger partial charge in [-0.15, -0.1) is 0 Å². The fourth-order valence-corrected chi connectivity index (χ4v) is 3.80. The highest BCUT2D eigenvalue weighted by atomic mass is 35.5. The third kappa shape index (κ3) is 3.75. The van der Waals surface area contributed by atoms with Crippen molar-refractivity contribution in [2.24, 2.45) is 0 Å². The van der Waals surface area contributed by atoms with Crippen molar-refractivity contribution in [2.75, 3.05) is 19.3 Å². The van der Waals surface area contributed by atoms with E-state index in [4.69, 9.17) is 11.6 Å². The second-order valence-corrected chi connectivity index (χ2v) is 8.14. The van der Waals surface area contributed by atoms with Gasteiger partial charge in [0.2, 0.25) is 0 Å². The molecule has 1 unspecified atom stereocenters. The SMILES string of the molecule is CC1(O)CCCN(C(=O)c2ccc(Cl)c(S(C)(=O)=O)c2)C1. The van der Waals surface area contributed by atoms with Crippen LogP contribution in [-0.2, 0) is 9.84 Å². The average Bonchev–Trinajstić information content (AvgIpc) is 2.36. The summed E-state index contributed by atoms with van der Waals surface area (Å²) in [5.41, 5.74) is -0.641.